The summed E-state index contributed by atoms with van der Waals surface area (Å²) in [4.78, 5) is 11.3. The van der Waals surface area contributed by atoms with Crippen LogP contribution in [0.25, 0.3) is 0 Å². The third-order valence-electron chi connectivity index (χ3n) is 3.14. The Balaban J connectivity index is 0.00000180. The molecule has 1 heterocycles. The van der Waals surface area contributed by atoms with E-state index in [9.17, 15) is 9.18 Å². The lowest BCUT2D eigenvalue weighted by molar-refractivity contribution is 0.0377. The summed E-state index contributed by atoms with van der Waals surface area (Å²) in [6.07, 6.45) is -0.519. The largest absolute Gasteiger partial charge is 0.497 e. The molecule has 1 aromatic rings. The van der Waals surface area contributed by atoms with Gasteiger partial charge in [-0.05, 0) is 6.07 Å². The fourth-order valence-electron chi connectivity index (χ4n) is 2.06. The summed E-state index contributed by atoms with van der Waals surface area (Å²) in [7, 11) is 1.48. The fraction of sp³-hybridized carbons (Fsp3) is 0.462. The van der Waals surface area contributed by atoms with Gasteiger partial charge in [-0.1, -0.05) is 19.9 Å². The molecule has 1 atom stereocenters. The van der Waals surface area contributed by atoms with Crippen molar-refractivity contribution in [3.8, 4) is 5.75 Å². The molecule has 4 nitrogen and oxygen atoms in total. The van der Waals surface area contributed by atoms with Crippen molar-refractivity contribution in [2.75, 3.05) is 13.7 Å². The van der Waals surface area contributed by atoms with E-state index in [-0.39, 0.29) is 24.4 Å². The Hall–Kier alpha value is -1.49. The zero-order valence-corrected chi connectivity index (χ0v) is 11.8. The highest BCUT2D eigenvalue weighted by Crippen LogP contribution is 2.38. The van der Waals surface area contributed by atoms with E-state index in [4.69, 9.17) is 9.47 Å². The minimum atomic E-state index is -0.519. The van der Waals surface area contributed by atoms with Crippen molar-refractivity contribution >= 4 is 18.5 Å². The van der Waals surface area contributed by atoms with Crippen LogP contribution in [0.5, 0.6) is 5.75 Å². The van der Waals surface area contributed by atoms with E-state index in [1.807, 2.05) is 13.8 Å². The zero-order valence-electron chi connectivity index (χ0n) is 11.0. The lowest BCUT2D eigenvalue weighted by Crippen LogP contribution is -2.47. The predicted molar refractivity (Wildman–Crippen MR) is 71.2 cm³/mol. The molecule has 1 aliphatic rings. The summed E-state index contributed by atoms with van der Waals surface area (Å²) in [5, 5.41) is 2.66. The van der Waals surface area contributed by atoms with Gasteiger partial charge in [0.25, 0.3) is 0 Å². The van der Waals surface area contributed by atoms with Crippen LogP contribution in [0.3, 0.4) is 0 Å². The lowest BCUT2D eigenvalue weighted by atomic mass is 9.80. The number of carbonyl (C=O) groups is 1. The van der Waals surface area contributed by atoms with Crippen LogP contribution in [0.2, 0.25) is 0 Å². The van der Waals surface area contributed by atoms with Crippen molar-refractivity contribution in [3.05, 3.63) is 29.6 Å². The highest BCUT2D eigenvalue weighted by Gasteiger charge is 2.39. The maximum atomic E-state index is 14.0. The Morgan fingerprint density at radius 2 is 2.16 bits per heavy atom. The fourth-order valence-corrected chi connectivity index (χ4v) is 2.06. The smallest absolute Gasteiger partial charge is 0.407 e. The average Bonchev–Trinajstić information content (AvgIpc) is 2.32. The summed E-state index contributed by atoms with van der Waals surface area (Å²) in [6.45, 7) is 4.09. The van der Waals surface area contributed by atoms with E-state index in [0.29, 0.717) is 11.3 Å². The second-order valence-electron chi connectivity index (χ2n) is 5.03. The number of carbonyl (C=O) groups excluding carboxylic acids is 1. The first-order chi connectivity index (χ1) is 8.44. The number of alkyl carbamates (subject to hydrolysis) is 1. The van der Waals surface area contributed by atoms with E-state index in [2.05, 4.69) is 5.32 Å². The Kier molecular flexibility index (Phi) is 4.63. The maximum Gasteiger partial charge on any atom is 0.407 e. The molecule has 19 heavy (non-hydrogen) atoms. The Morgan fingerprint density at radius 3 is 2.74 bits per heavy atom. The standard InChI is InChI=1S/C13H16FNO3.ClH/c1-13(2)7-18-12(16)15-11(13)9-5-4-8(17-3)6-10(9)14;/h4-6,11H,7H2,1-3H3,(H,15,16);1H/t11-;/m1./s1. The molecule has 0 spiro atoms. The number of ether oxygens (including phenoxy) is 2. The molecule has 0 aromatic heterocycles. The van der Waals surface area contributed by atoms with Crippen LogP contribution in [0.1, 0.15) is 25.5 Å². The van der Waals surface area contributed by atoms with Crippen molar-refractivity contribution in [3.63, 3.8) is 0 Å². The van der Waals surface area contributed by atoms with Gasteiger partial charge in [-0.15, -0.1) is 12.4 Å². The average molecular weight is 290 g/mol. The van der Waals surface area contributed by atoms with Gasteiger partial charge in [0.05, 0.1) is 13.2 Å². The van der Waals surface area contributed by atoms with Crippen molar-refractivity contribution in [1.82, 2.24) is 5.32 Å². The van der Waals surface area contributed by atoms with Gasteiger partial charge < -0.3 is 14.8 Å². The number of nitrogens with one attached hydrogen (secondary N) is 1. The first-order valence-corrected chi connectivity index (χ1v) is 5.71. The minimum absolute atomic E-state index is 0. The van der Waals surface area contributed by atoms with Crippen LogP contribution in [0.4, 0.5) is 9.18 Å². The summed E-state index contributed by atoms with van der Waals surface area (Å²) in [5.74, 6) is 0.0575. The number of rotatable bonds is 2. The second-order valence-corrected chi connectivity index (χ2v) is 5.03. The van der Waals surface area contributed by atoms with Gasteiger partial charge in [0.1, 0.15) is 18.2 Å². The van der Waals surface area contributed by atoms with Crippen molar-refractivity contribution in [2.45, 2.75) is 19.9 Å². The van der Waals surface area contributed by atoms with E-state index in [1.54, 1.807) is 12.1 Å². The summed E-state index contributed by atoms with van der Waals surface area (Å²) < 4.78 is 23.9. The topological polar surface area (TPSA) is 47.6 Å². The highest BCUT2D eigenvalue weighted by atomic mass is 35.5. The van der Waals surface area contributed by atoms with Crippen LogP contribution in [0, 0.1) is 11.2 Å². The van der Waals surface area contributed by atoms with Crippen LogP contribution >= 0.6 is 12.4 Å². The van der Waals surface area contributed by atoms with E-state index < -0.39 is 18.0 Å². The normalized spacial score (nSPS) is 20.8. The Bertz CT molecular complexity index is 479. The molecule has 106 valence electrons. The molecule has 0 radical (unpaired) electrons. The molecule has 0 bridgehead atoms. The van der Waals surface area contributed by atoms with Gasteiger partial charge in [-0.2, -0.15) is 0 Å². The van der Waals surface area contributed by atoms with Crippen LogP contribution in [-0.2, 0) is 4.74 Å². The summed E-state index contributed by atoms with van der Waals surface area (Å²) in [6, 6.07) is 4.21. The number of hydrogen-bond acceptors (Lipinski definition) is 3. The van der Waals surface area contributed by atoms with Crippen molar-refractivity contribution in [1.29, 1.82) is 0 Å². The van der Waals surface area contributed by atoms with Gasteiger partial charge in [0.2, 0.25) is 0 Å². The quantitative estimate of drug-likeness (QED) is 0.910. The molecule has 2 rings (SSSR count). The molecular weight excluding hydrogens is 273 g/mol. The molecule has 0 aliphatic carbocycles. The first-order valence-electron chi connectivity index (χ1n) is 5.71. The second kappa shape index (κ2) is 5.65. The number of amides is 1. The van der Waals surface area contributed by atoms with E-state index >= 15 is 0 Å². The molecule has 1 aromatic carbocycles. The molecule has 1 saturated heterocycles. The summed E-state index contributed by atoms with van der Waals surface area (Å²) in [5.41, 5.74) is 0.0704. The van der Waals surface area contributed by atoms with Gasteiger partial charge >= 0.3 is 6.09 Å². The lowest BCUT2D eigenvalue weighted by Gasteiger charge is -2.38. The maximum absolute atomic E-state index is 14.0. The minimum Gasteiger partial charge on any atom is -0.497 e. The van der Waals surface area contributed by atoms with Crippen molar-refractivity contribution in [2.24, 2.45) is 5.41 Å². The van der Waals surface area contributed by atoms with E-state index in [1.165, 1.54) is 13.2 Å². The van der Waals surface area contributed by atoms with Crippen LogP contribution in [-0.4, -0.2) is 19.8 Å². The number of cyclic esters (lactones) is 1. The van der Waals surface area contributed by atoms with Gasteiger partial charge in [0, 0.05) is 17.0 Å². The number of halogens is 2. The number of methoxy groups -OCH3 is 1. The molecule has 1 N–H and O–H groups in total. The van der Waals surface area contributed by atoms with Crippen molar-refractivity contribution < 1.29 is 18.7 Å². The Morgan fingerprint density at radius 1 is 1.47 bits per heavy atom. The monoisotopic (exact) mass is 289 g/mol. The predicted octanol–water partition coefficient (Wildman–Crippen LogP) is 3.06. The third-order valence-corrected chi connectivity index (χ3v) is 3.14. The molecule has 0 unspecified atom stereocenters. The highest BCUT2D eigenvalue weighted by molar-refractivity contribution is 5.85. The number of hydrogen-bond donors (Lipinski definition) is 1. The SMILES string of the molecule is COc1ccc([C@H]2NC(=O)OCC2(C)C)c(F)c1.Cl. The molecule has 1 amide bonds. The summed E-state index contributed by atoms with van der Waals surface area (Å²) >= 11 is 0. The van der Waals surface area contributed by atoms with Crippen LogP contribution < -0.4 is 10.1 Å². The molecule has 6 heteroatoms. The molecule has 1 fully saturated rings. The molecule has 0 saturated carbocycles. The van der Waals surface area contributed by atoms with Gasteiger partial charge in [-0.25, -0.2) is 9.18 Å². The molecular formula is C13H17ClFNO3. The molecule has 1 aliphatic heterocycles. The Labute approximate surface area is 117 Å². The van der Waals surface area contributed by atoms with Crippen LogP contribution in [0.15, 0.2) is 18.2 Å². The van der Waals surface area contributed by atoms with Gasteiger partial charge in [0.15, 0.2) is 0 Å². The first kappa shape index (κ1) is 15.6. The van der Waals surface area contributed by atoms with Gasteiger partial charge in [-0.3, -0.25) is 0 Å². The number of benzene rings is 1. The third kappa shape index (κ3) is 3.10. The zero-order chi connectivity index (χ0) is 13.3. The van der Waals surface area contributed by atoms with E-state index in [0.717, 1.165) is 0 Å².